The minimum atomic E-state index is -3.88. The molecule has 1 aliphatic rings. The molecule has 0 aromatic heterocycles. The summed E-state index contributed by atoms with van der Waals surface area (Å²) in [4.78, 5) is 19.2. The molecule has 4 aromatic rings. The molecule has 1 amide bonds. The second-order valence-corrected chi connectivity index (χ2v) is 13.1. The fourth-order valence-corrected chi connectivity index (χ4v) is 6.65. The summed E-state index contributed by atoms with van der Waals surface area (Å²) < 4.78 is 72.1. The van der Waals surface area contributed by atoms with Gasteiger partial charge >= 0.3 is 0 Å². The van der Waals surface area contributed by atoms with Gasteiger partial charge in [0.25, 0.3) is 5.91 Å². The van der Waals surface area contributed by atoms with Gasteiger partial charge in [0.2, 0.25) is 5.90 Å². The fourth-order valence-electron chi connectivity index (χ4n) is 5.26. The van der Waals surface area contributed by atoms with Crippen LogP contribution in [-0.2, 0) is 25.9 Å². The van der Waals surface area contributed by atoms with Crippen molar-refractivity contribution in [2.75, 3.05) is 26.1 Å². The minimum absolute atomic E-state index is 0.00743. The predicted molar refractivity (Wildman–Crippen MR) is 174 cm³/mol. The monoisotopic (exact) mass is 679 g/mol. The van der Waals surface area contributed by atoms with Crippen LogP contribution in [0.5, 0.6) is 11.5 Å². The van der Waals surface area contributed by atoms with Gasteiger partial charge in [-0.15, -0.1) is 0 Å². The number of hydrogen-bond donors (Lipinski definition) is 3. The van der Waals surface area contributed by atoms with Crippen LogP contribution in [0.1, 0.15) is 35.6 Å². The average Bonchev–Trinajstić information content (AvgIpc) is 3.49. The Kier molecular flexibility index (Phi) is 11.0. The van der Waals surface area contributed by atoms with Crippen molar-refractivity contribution in [3.8, 4) is 11.5 Å². The Hall–Kier alpha value is -4.85. The Labute approximate surface area is 277 Å². The van der Waals surface area contributed by atoms with Crippen LogP contribution in [0.3, 0.4) is 0 Å². The Bertz CT molecular complexity index is 1840. The van der Waals surface area contributed by atoms with Crippen molar-refractivity contribution in [1.29, 1.82) is 0 Å². The molecule has 0 spiro atoms. The first-order chi connectivity index (χ1) is 23.1. The number of carbonyl (C=O) groups excluding carboxylic acids is 1. The van der Waals surface area contributed by atoms with E-state index in [1.54, 1.807) is 66.7 Å². The first kappa shape index (κ1) is 34.5. The smallest absolute Gasteiger partial charge is 0.266 e. The van der Waals surface area contributed by atoms with E-state index in [0.29, 0.717) is 35.7 Å². The van der Waals surface area contributed by atoms with Crippen LogP contribution in [0.2, 0.25) is 0 Å². The molecule has 0 unspecified atom stereocenters. The highest BCUT2D eigenvalue weighted by Crippen LogP contribution is 2.43. The molecule has 1 heterocycles. The molecule has 0 saturated heterocycles. The molecule has 3 N–H and O–H groups in total. The summed E-state index contributed by atoms with van der Waals surface area (Å²) in [7, 11) is -2.38. The molecular formula is C35H35F2N3O7S. The lowest BCUT2D eigenvalue weighted by atomic mass is 9.85. The van der Waals surface area contributed by atoms with Crippen LogP contribution >= 0.6 is 0 Å². The van der Waals surface area contributed by atoms with Gasteiger partial charge in [0.05, 0.1) is 24.4 Å². The highest BCUT2D eigenvalue weighted by atomic mass is 32.2. The third kappa shape index (κ3) is 8.16. The molecule has 10 nitrogen and oxygen atoms in total. The molecule has 0 fully saturated rings. The van der Waals surface area contributed by atoms with Gasteiger partial charge in [-0.2, -0.15) is 0 Å². The van der Waals surface area contributed by atoms with Crippen molar-refractivity contribution in [1.82, 2.24) is 10.9 Å². The zero-order valence-electron chi connectivity index (χ0n) is 26.1. The molecule has 2 atom stereocenters. The number of carbonyl (C=O) groups is 1. The first-order valence-corrected chi connectivity index (χ1v) is 16.8. The SMILES string of the molecule is COc1cccc([C@@H]2OC(c3ccc(OCCCO)cc3)=N[C@]2(CCS(=O)(=O)c2ccccc2)C(=O)NNCc2cc(F)cc(F)c2)c1. The number of nitrogens with zero attached hydrogens (tertiary/aromatic N) is 1. The van der Waals surface area contributed by atoms with E-state index < -0.39 is 44.8 Å². The van der Waals surface area contributed by atoms with Crippen LogP contribution in [0.4, 0.5) is 8.78 Å². The number of ether oxygens (including phenoxy) is 3. The molecule has 5 rings (SSSR count). The van der Waals surface area contributed by atoms with E-state index >= 15 is 0 Å². The van der Waals surface area contributed by atoms with E-state index in [2.05, 4.69) is 10.9 Å². The van der Waals surface area contributed by atoms with Crippen LogP contribution in [0, 0.1) is 11.6 Å². The van der Waals surface area contributed by atoms with Gasteiger partial charge in [-0.05, 0) is 71.8 Å². The largest absolute Gasteiger partial charge is 0.497 e. The molecular weight excluding hydrogens is 644 g/mol. The molecule has 252 valence electrons. The minimum Gasteiger partial charge on any atom is -0.497 e. The maximum Gasteiger partial charge on any atom is 0.266 e. The number of methoxy groups -OCH3 is 1. The lowest BCUT2D eigenvalue weighted by molar-refractivity contribution is -0.130. The van der Waals surface area contributed by atoms with Crippen molar-refractivity contribution in [2.45, 2.75) is 35.9 Å². The van der Waals surface area contributed by atoms with E-state index in [1.807, 2.05) is 0 Å². The molecule has 4 aromatic carbocycles. The number of halogens is 2. The number of nitrogens with one attached hydrogen (secondary N) is 2. The third-order valence-corrected chi connectivity index (χ3v) is 9.43. The number of sulfone groups is 1. The van der Waals surface area contributed by atoms with Crippen LogP contribution in [0.15, 0.2) is 107 Å². The molecule has 13 heteroatoms. The molecule has 0 bridgehead atoms. The number of hydrogen-bond acceptors (Lipinski definition) is 9. The summed E-state index contributed by atoms with van der Waals surface area (Å²) in [5.41, 5.74) is 4.67. The molecule has 0 saturated carbocycles. The average molecular weight is 680 g/mol. The summed E-state index contributed by atoms with van der Waals surface area (Å²) in [6.07, 6.45) is -0.937. The van der Waals surface area contributed by atoms with Gasteiger partial charge in [-0.25, -0.2) is 27.6 Å². The number of aliphatic hydroxyl groups excluding tert-OH is 1. The molecule has 0 radical (unpaired) electrons. The van der Waals surface area contributed by atoms with Gasteiger partial charge in [-0.1, -0.05) is 30.3 Å². The second kappa shape index (κ2) is 15.4. The Balaban J connectivity index is 1.53. The molecule has 1 aliphatic heterocycles. The van der Waals surface area contributed by atoms with Gasteiger partial charge in [0.1, 0.15) is 23.1 Å². The second-order valence-electron chi connectivity index (χ2n) is 11.0. The highest BCUT2D eigenvalue weighted by molar-refractivity contribution is 7.91. The van der Waals surface area contributed by atoms with Crippen molar-refractivity contribution >= 4 is 21.6 Å². The number of benzene rings is 4. The Morgan fingerprint density at radius 3 is 2.38 bits per heavy atom. The Morgan fingerprint density at radius 1 is 0.958 bits per heavy atom. The number of aliphatic hydroxyl groups is 1. The first-order valence-electron chi connectivity index (χ1n) is 15.1. The van der Waals surface area contributed by atoms with Crippen LogP contribution < -0.4 is 20.3 Å². The van der Waals surface area contributed by atoms with Crippen LogP contribution in [0.25, 0.3) is 0 Å². The maximum absolute atomic E-state index is 14.3. The van der Waals surface area contributed by atoms with E-state index in [0.717, 1.165) is 18.2 Å². The van der Waals surface area contributed by atoms with E-state index in [4.69, 9.17) is 24.3 Å². The van der Waals surface area contributed by atoms with E-state index in [9.17, 15) is 22.0 Å². The van der Waals surface area contributed by atoms with Gasteiger partial charge < -0.3 is 19.3 Å². The molecule has 48 heavy (non-hydrogen) atoms. The summed E-state index contributed by atoms with van der Waals surface area (Å²) in [5, 5.41) is 9.05. The maximum atomic E-state index is 14.3. The van der Waals surface area contributed by atoms with Crippen molar-refractivity contribution in [2.24, 2.45) is 4.99 Å². The predicted octanol–water partition coefficient (Wildman–Crippen LogP) is 4.68. The zero-order chi connectivity index (χ0) is 34.1. The summed E-state index contributed by atoms with van der Waals surface area (Å²) >= 11 is 0. The van der Waals surface area contributed by atoms with E-state index in [-0.39, 0.29) is 35.9 Å². The normalized spacial score (nSPS) is 17.3. The van der Waals surface area contributed by atoms with Crippen molar-refractivity contribution in [3.05, 3.63) is 125 Å². The number of aliphatic imine (C=N–C) groups is 1. The summed E-state index contributed by atoms with van der Waals surface area (Å²) in [6.45, 7) is 0.171. The molecule has 0 aliphatic carbocycles. The topological polar surface area (TPSA) is 136 Å². The lowest BCUT2D eigenvalue weighted by Gasteiger charge is -2.30. The third-order valence-electron chi connectivity index (χ3n) is 7.70. The number of amides is 1. The van der Waals surface area contributed by atoms with Crippen molar-refractivity contribution < 1.29 is 41.3 Å². The van der Waals surface area contributed by atoms with E-state index in [1.165, 1.54) is 19.2 Å². The number of rotatable bonds is 15. The van der Waals surface area contributed by atoms with Crippen molar-refractivity contribution in [3.63, 3.8) is 0 Å². The Morgan fingerprint density at radius 2 is 1.69 bits per heavy atom. The van der Waals surface area contributed by atoms with Gasteiger partial charge in [0, 0.05) is 37.6 Å². The number of hydrazine groups is 1. The zero-order valence-corrected chi connectivity index (χ0v) is 26.9. The van der Waals surface area contributed by atoms with Gasteiger partial charge in [0.15, 0.2) is 21.5 Å². The fraction of sp³-hybridized carbons (Fsp3) is 0.257. The summed E-state index contributed by atoms with van der Waals surface area (Å²) in [6, 6.07) is 24.5. The summed E-state index contributed by atoms with van der Waals surface area (Å²) in [5.74, 6) is -1.63. The van der Waals surface area contributed by atoms with Gasteiger partial charge in [-0.3, -0.25) is 10.2 Å². The van der Waals surface area contributed by atoms with Crippen LogP contribution in [-0.4, -0.2) is 56.9 Å². The lowest BCUT2D eigenvalue weighted by Crippen LogP contribution is -2.53. The standard InChI is InChI=1S/C35H35F2N3O7S/c1-45-30-8-5-7-26(21-30)32-35(15-18-48(43,44)31-9-3-2-4-10-31,34(42)40-38-23-24-19-27(36)22-28(37)20-24)39-33(47-32)25-11-13-29(14-12-25)46-17-6-16-41/h2-5,7-14,19-22,32,38,41H,6,15-18,23H2,1H3,(H,40,42)/t32-,35-/m0/s1. The highest BCUT2D eigenvalue weighted by Gasteiger charge is 2.53. The quantitative estimate of drug-likeness (QED) is 0.122.